The third kappa shape index (κ3) is 2.99. The van der Waals surface area contributed by atoms with Gasteiger partial charge in [-0.25, -0.2) is 5.43 Å². The minimum atomic E-state index is -0.184. The van der Waals surface area contributed by atoms with E-state index in [1.165, 1.54) is 23.7 Å². The number of rotatable bonds is 3. The molecule has 0 saturated carbocycles. The summed E-state index contributed by atoms with van der Waals surface area (Å²) in [6, 6.07) is 6.29. The lowest BCUT2D eigenvalue weighted by Crippen LogP contribution is -2.12. The summed E-state index contributed by atoms with van der Waals surface area (Å²) < 4.78 is 3.21. The van der Waals surface area contributed by atoms with Crippen molar-refractivity contribution in [2.45, 2.75) is 34.6 Å². The lowest BCUT2D eigenvalue weighted by molar-refractivity contribution is -0.118. The molecule has 2 aromatic rings. The Hall–Kier alpha value is -1.88. The number of hydrazone groups is 1. The van der Waals surface area contributed by atoms with Gasteiger partial charge in [-0.2, -0.15) is 5.10 Å². The Kier molecular flexibility index (Phi) is 4.86. The third-order valence-corrected chi connectivity index (χ3v) is 4.69. The van der Waals surface area contributed by atoms with E-state index in [1.807, 2.05) is 0 Å². The molecule has 1 aromatic heterocycles. The predicted octanol–water partition coefficient (Wildman–Crippen LogP) is 3.94. The highest BCUT2D eigenvalue weighted by Gasteiger charge is 2.18. The van der Waals surface area contributed by atoms with Gasteiger partial charge in [0.1, 0.15) is 0 Å². The zero-order valence-electron chi connectivity index (χ0n) is 13.5. The van der Waals surface area contributed by atoms with E-state index in [-0.39, 0.29) is 5.91 Å². The first-order valence-corrected chi connectivity index (χ1v) is 7.87. The number of para-hydroxylation sites is 1. The first-order chi connectivity index (χ1) is 10.3. The fraction of sp³-hybridized carbons (Fsp3) is 0.294. The van der Waals surface area contributed by atoms with Crippen LogP contribution in [0.3, 0.4) is 0 Å². The number of hydrogen-bond donors (Lipinski definition) is 1. The summed E-state index contributed by atoms with van der Waals surface area (Å²) in [5.74, 6) is -0.184. The average Bonchev–Trinajstić information content (AvgIpc) is 2.64. The molecular weight excluding hydrogens is 342 g/mol. The summed E-state index contributed by atoms with van der Waals surface area (Å²) >= 11 is 3.64. The average molecular weight is 362 g/mol. The second kappa shape index (κ2) is 6.48. The monoisotopic (exact) mass is 361 g/mol. The van der Waals surface area contributed by atoms with Crippen molar-refractivity contribution >= 4 is 28.1 Å². The molecule has 116 valence electrons. The molecule has 1 N–H and O–H groups in total. The fourth-order valence-electron chi connectivity index (χ4n) is 2.66. The van der Waals surface area contributed by atoms with Crippen molar-refractivity contribution in [3.8, 4) is 5.69 Å². The molecule has 0 radical (unpaired) electrons. The summed E-state index contributed by atoms with van der Waals surface area (Å²) in [5, 5.41) is 3.99. The second-order valence-corrected chi connectivity index (χ2v) is 6.19. The standard InChI is InChI=1S/C17H20BrN3O/c1-10-7-6-8-11(2)17(10)21-12(3)15(16(18)13(21)4)9-19-20-14(5)22/h6-9H,1-5H3,(H,20,22)/b19-9-. The largest absolute Gasteiger partial charge is 0.316 e. The second-order valence-electron chi connectivity index (χ2n) is 5.40. The van der Waals surface area contributed by atoms with Crippen LogP contribution in [0.1, 0.15) is 35.0 Å². The van der Waals surface area contributed by atoms with E-state index in [0.717, 1.165) is 21.4 Å². The van der Waals surface area contributed by atoms with E-state index >= 15 is 0 Å². The van der Waals surface area contributed by atoms with Gasteiger partial charge in [0.25, 0.3) is 0 Å². The Bertz CT molecular complexity index is 739. The summed E-state index contributed by atoms with van der Waals surface area (Å²) in [5.41, 5.74) is 9.23. The molecular formula is C17H20BrN3O. The van der Waals surface area contributed by atoms with E-state index in [1.54, 1.807) is 6.21 Å². The molecule has 0 atom stereocenters. The lowest BCUT2D eigenvalue weighted by Gasteiger charge is -2.15. The fourth-order valence-corrected chi connectivity index (χ4v) is 3.22. The van der Waals surface area contributed by atoms with Crippen molar-refractivity contribution in [2.24, 2.45) is 5.10 Å². The minimum Gasteiger partial charge on any atom is -0.316 e. The Morgan fingerprint density at radius 2 is 1.77 bits per heavy atom. The van der Waals surface area contributed by atoms with Gasteiger partial charge in [0.15, 0.2) is 0 Å². The van der Waals surface area contributed by atoms with E-state index in [4.69, 9.17) is 0 Å². The van der Waals surface area contributed by atoms with Gasteiger partial charge in [0, 0.05) is 28.3 Å². The predicted molar refractivity (Wildman–Crippen MR) is 93.8 cm³/mol. The third-order valence-electron chi connectivity index (χ3n) is 3.69. The number of nitrogens with one attached hydrogen (secondary N) is 1. The molecule has 0 bridgehead atoms. The van der Waals surface area contributed by atoms with E-state index in [0.29, 0.717) is 0 Å². The first-order valence-electron chi connectivity index (χ1n) is 7.08. The maximum Gasteiger partial charge on any atom is 0.236 e. The number of benzene rings is 1. The summed E-state index contributed by atoms with van der Waals surface area (Å²) in [6.07, 6.45) is 1.68. The Labute approximate surface area is 139 Å². The normalized spacial score (nSPS) is 11.2. The van der Waals surface area contributed by atoms with Crippen LogP contribution in [0.15, 0.2) is 27.8 Å². The number of carbonyl (C=O) groups is 1. The Balaban J connectivity index is 2.60. The lowest BCUT2D eigenvalue weighted by atomic mass is 10.1. The maximum atomic E-state index is 10.9. The van der Waals surface area contributed by atoms with E-state index in [9.17, 15) is 4.79 Å². The molecule has 2 rings (SSSR count). The van der Waals surface area contributed by atoms with Crippen molar-refractivity contribution in [3.05, 3.63) is 50.8 Å². The Morgan fingerprint density at radius 1 is 1.18 bits per heavy atom. The number of aromatic nitrogens is 1. The summed E-state index contributed by atoms with van der Waals surface area (Å²) in [4.78, 5) is 10.9. The molecule has 4 nitrogen and oxygen atoms in total. The molecule has 0 aliphatic heterocycles. The van der Waals surface area contributed by atoms with Crippen LogP contribution < -0.4 is 5.43 Å². The molecule has 1 heterocycles. The quantitative estimate of drug-likeness (QED) is 0.652. The molecule has 1 amide bonds. The van der Waals surface area contributed by atoms with Crippen molar-refractivity contribution < 1.29 is 4.79 Å². The van der Waals surface area contributed by atoms with Crippen LogP contribution in [0.5, 0.6) is 0 Å². The number of amides is 1. The van der Waals surface area contributed by atoms with Crippen LogP contribution in [0.2, 0.25) is 0 Å². The van der Waals surface area contributed by atoms with Gasteiger partial charge >= 0.3 is 0 Å². The van der Waals surface area contributed by atoms with Gasteiger partial charge in [-0.3, -0.25) is 4.79 Å². The van der Waals surface area contributed by atoms with Gasteiger partial charge in [0.05, 0.1) is 11.9 Å². The number of aryl methyl sites for hydroxylation is 2. The highest BCUT2D eigenvalue weighted by Crippen LogP contribution is 2.31. The van der Waals surface area contributed by atoms with Crippen molar-refractivity contribution in [2.75, 3.05) is 0 Å². The smallest absolute Gasteiger partial charge is 0.236 e. The molecule has 22 heavy (non-hydrogen) atoms. The van der Waals surface area contributed by atoms with Crippen LogP contribution in [-0.4, -0.2) is 16.7 Å². The SMILES string of the molecule is CC(=O)N/N=C\c1c(Br)c(C)n(-c2c(C)cccc2C)c1C. The number of nitrogens with zero attached hydrogens (tertiary/aromatic N) is 2. The van der Waals surface area contributed by atoms with Crippen LogP contribution in [0, 0.1) is 27.7 Å². The highest BCUT2D eigenvalue weighted by molar-refractivity contribution is 9.10. The van der Waals surface area contributed by atoms with Crippen molar-refractivity contribution in [1.29, 1.82) is 0 Å². The number of halogens is 1. The van der Waals surface area contributed by atoms with E-state index < -0.39 is 0 Å². The number of hydrogen-bond acceptors (Lipinski definition) is 2. The Morgan fingerprint density at radius 3 is 2.32 bits per heavy atom. The van der Waals surface area contributed by atoms with Crippen molar-refractivity contribution in [3.63, 3.8) is 0 Å². The van der Waals surface area contributed by atoms with E-state index in [2.05, 4.69) is 76.9 Å². The molecule has 0 saturated heterocycles. The minimum absolute atomic E-state index is 0.184. The van der Waals surface area contributed by atoms with Crippen LogP contribution in [0.25, 0.3) is 5.69 Å². The summed E-state index contributed by atoms with van der Waals surface area (Å²) in [7, 11) is 0. The van der Waals surface area contributed by atoms with Crippen molar-refractivity contribution in [1.82, 2.24) is 9.99 Å². The van der Waals surface area contributed by atoms with Gasteiger partial charge in [-0.05, 0) is 54.8 Å². The topological polar surface area (TPSA) is 46.4 Å². The van der Waals surface area contributed by atoms with Gasteiger partial charge < -0.3 is 4.57 Å². The molecule has 0 aliphatic carbocycles. The zero-order chi connectivity index (χ0) is 16.4. The molecule has 1 aromatic carbocycles. The van der Waals surface area contributed by atoms with Gasteiger partial charge in [-0.15, -0.1) is 0 Å². The molecule has 0 spiro atoms. The molecule has 5 heteroatoms. The van der Waals surface area contributed by atoms with Crippen LogP contribution >= 0.6 is 15.9 Å². The highest BCUT2D eigenvalue weighted by atomic mass is 79.9. The van der Waals surface area contributed by atoms with Crippen LogP contribution in [0.4, 0.5) is 0 Å². The number of carbonyl (C=O) groups excluding carboxylic acids is 1. The van der Waals surface area contributed by atoms with Gasteiger partial charge in [-0.1, -0.05) is 18.2 Å². The van der Waals surface area contributed by atoms with Gasteiger partial charge in [0.2, 0.25) is 5.91 Å². The maximum absolute atomic E-state index is 10.9. The summed E-state index contributed by atoms with van der Waals surface area (Å²) in [6.45, 7) is 9.78. The molecule has 0 unspecified atom stereocenters. The molecule has 0 aliphatic rings. The zero-order valence-corrected chi connectivity index (χ0v) is 15.1. The molecule has 0 fully saturated rings. The van der Waals surface area contributed by atoms with Crippen LogP contribution in [-0.2, 0) is 4.79 Å². The first kappa shape index (κ1) is 16.5.